The molecule has 38 heavy (non-hydrogen) atoms. The van der Waals surface area contributed by atoms with E-state index in [1.807, 2.05) is 0 Å². The van der Waals surface area contributed by atoms with E-state index in [-0.39, 0.29) is 11.8 Å². The molecule has 0 saturated heterocycles. The zero-order valence-corrected chi connectivity index (χ0v) is 25.2. The van der Waals surface area contributed by atoms with Crippen LogP contribution in [0.1, 0.15) is 168 Å². The van der Waals surface area contributed by atoms with Crippen LogP contribution in [0.2, 0.25) is 0 Å². The van der Waals surface area contributed by atoms with Gasteiger partial charge in [0, 0.05) is 38.8 Å². The first-order valence-electron chi connectivity index (χ1n) is 16.2. The molecule has 4 heteroatoms. The number of carbonyl (C=O) groups is 2. The van der Waals surface area contributed by atoms with Gasteiger partial charge in [0.05, 0.1) is 0 Å². The van der Waals surface area contributed by atoms with Crippen molar-refractivity contribution in [2.45, 2.75) is 168 Å². The monoisotopic (exact) mass is 528 g/mol. The maximum Gasteiger partial charge on any atom is 0.219 e. The van der Waals surface area contributed by atoms with Crippen LogP contribution < -0.4 is 10.6 Å². The average molecular weight is 529 g/mol. The summed E-state index contributed by atoms with van der Waals surface area (Å²) in [5.41, 5.74) is 0. The van der Waals surface area contributed by atoms with E-state index in [9.17, 15) is 9.59 Å². The molecule has 0 aromatic rings. The van der Waals surface area contributed by atoms with Crippen molar-refractivity contribution >= 4 is 11.8 Å². The number of carbonyl (C=O) groups excluding carboxylic acids is 2. The Morgan fingerprint density at radius 2 is 0.789 bits per heavy atom. The summed E-state index contributed by atoms with van der Waals surface area (Å²) in [6, 6.07) is 0. The first kappa shape index (κ1) is 36.1. The number of hydrogen-bond acceptors (Lipinski definition) is 2. The minimum atomic E-state index is 0.221. The minimum Gasteiger partial charge on any atom is -0.356 e. The number of amides is 2. The topological polar surface area (TPSA) is 58.2 Å². The van der Waals surface area contributed by atoms with Crippen molar-refractivity contribution in [2.24, 2.45) is 0 Å². The van der Waals surface area contributed by atoms with Gasteiger partial charge in [-0.25, -0.2) is 0 Å². The molecule has 0 spiro atoms. The van der Waals surface area contributed by atoms with Crippen molar-refractivity contribution in [3.8, 4) is 23.7 Å². The molecule has 0 aromatic heterocycles. The third kappa shape index (κ3) is 30.3. The van der Waals surface area contributed by atoms with Crippen LogP contribution in [-0.2, 0) is 9.59 Å². The van der Waals surface area contributed by atoms with E-state index >= 15 is 0 Å². The smallest absolute Gasteiger partial charge is 0.219 e. The first-order chi connectivity index (χ1) is 18.7. The average Bonchev–Trinajstić information content (AvgIpc) is 2.91. The fourth-order valence-corrected chi connectivity index (χ4v) is 4.36. The third-order valence-corrected chi connectivity index (χ3v) is 6.86. The molecule has 2 amide bonds. The zero-order chi connectivity index (χ0) is 27.8. The quantitative estimate of drug-likeness (QED) is 0.0872. The normalized spacial score (nSPS) is 10.3. The second kappa shape index (κ2) is 31.3. The van der Waals surface area contributed by atoms with Gasteiger partial charge in [-0.1, -0.05) is 116 Å². The Kier molecular flexibility index (Phi) is 29.7. The lowest BCUT2D eigenvalue weighted by Crippen LogP contribution is -2.23. The van der Waals surface area contributed by atoms with Crippen molar-refractivity contribution in [2.75, 3.05) is 13.1 Å². The zero-order valence-electron chi connectivity index (χ0n) is 25.2. The highest BCUT2D eigenvalue weighted by atomic mass is 16.2. The maximum absolute atomic E-state index is 11.8. The molecule has 2 N–H and O–H groups in total. The first-order valence-corrected chi connectivity index (χ1v) is 16.2. The van der Waals surface area contributed by atoms with Crippen molar-refractivity contribution in [1.29, 1.82) is 0 Å². The Hall–Kier alpha value is -1.94. The lowest BCUT2D eigenvalue weighted by molar-refractivity contribution is -0.122. The summed E-state index contributed by atoms with van der Waals surface area (Å²) < 4.78 is 0. The van der Waals surface area contributed by atoms with E-state index in [2.05, 4.69) is 48.2 Å². The summed E-state index contributed by atoms with van der Waals surface area (Å²) in [6.07, 6.45) is 26.8. The van der Waals surface area contributed by atoms with Crippen LogP contribution in [-0.4, -0.2) is 24.9 Å². The lowest BCUT2D eigenvalue weighted by Gasteiger charge is -2.05. The van der Waals surface area contributed by atoms with E-state index in [0.717, 1.165) is 77.3 Å². The molecule has 0 rings (SSSR count). The summed E-state index contributed by atoms with van der Waals surface area (Å²) in [5, 5.41) is 6.07. The number of rotatable bonds is 26. The molecule has 0 unspecified atom stereocenters. The Morgan fingerprint density at radius 3 is 1.18 bits per heavy atom. The second-order valence-electron chi connectivity index (χ2n) is 10.7. The van der Waals surface area contributed by atoms with Crippen molar-refractivity contribution < 1.29 is 9.59 Å². The van der Waals surface area contributed by atoms with Gasteiger partial charge in [0.1, 0.15) is 0 Å². The molecule has 218 valence electrons. The fraction of sp³-hybridized carbons (Fsp3) is 0.824. The number of nitrogens with one attached hydrogen (secondary N) is 2. The molecule has 0 aliphatic rings. The predicted octanol–water partition coefficient (Wildman–Crippen LogP) is 8.63. The van der Waals surface area contributed by atoms with Gasteiger partial charge < -0.3 is 10.6 Å². The van der Waals surface area contributed by atoms with Gasteiger partial charge in [-0.15, -0.1) is 0 Å². The highest BCUT2D eigenvalue weighted by Gasteiger charge is 2.01. The van der Waals surface area contributed by atoms with Crippen LogP contribution in [0.3, 0.4) is 0 Å². The Bertz CT molecular complexity index is 607. The van der Waals surface area contributed by atoms with Crippen LogP contribution in [0.15, 0.2) is 0 Å². The van der Waals surface area contributed by atoms with Crippen LogP contribution in [0.4, 0.5) is 0 Å². The van der Waals surface area contributed by atoms with Gasteiger partial charge in [0.15, 0.2) is 0 Å². The molecule has 0 bridgehead atoms. The summed E-state index contributed by atoms with van der Waals surface area (Å²) in [5.74, 6) is 12.8. The van der Waals surface area contributed by atoms with Gasteiger partial charge in [-0.2, -0.15) is 0 Å². The molecule has 0 saturated carbocycles. The molecule has 0 heterocycles. The standard InChI is InChI=1S/C34H60N2O2/c1-3-5-7-27-31-35-33(37)29-25-23-21-19-17-15-13-11-9-10-12-14-16-18-20-22-24-26-30-34(38)36-32-28-8-6-4-2/h3-8,13-32H2,1-2H3,(H,35,37)(H,36,38). The van der Waals surface area contributed by atoms with Crippen molar-refractivity contribution in [3.05, 3.63) is 0 Å². The van der Waals surface area contributed by atoms with Crippen molar-refractivity contribution in [1.82, 2.24) is 10.6 Å². The van der Waals surface area contributed by atoms with Crippen molar-refractivity contribution in [3.63, 3.8) is 0 Å². The summed E-state index contributed by atoms with van der Waals surface area (Å²) in [6.45, 7) is 6.09. The second-order valence-corrected chi connectivity index (χ2v) is 10.7. The molecule has 0 atom stereocenters. The van der Waals surface area contributed by atoms with E-state index in [1.165, 1.54) is 77.0 Å². The minimum absolute atomic E-state index is 0.221. The maximum atomic E-state index is 11.8. The van der Waals surface area contributed by atoms with Crippen LogP contribution >= 0.6 is 0 Å². The molecule has 4 nitrogen and oxygen atoms in total. The molecule has 0 aromatic carbocycles. The summed E-state index contributed by atoms with van der Waals surface area (Å²) in [4.78, 5) is 23.5. The molecular formula is C34H60N2O2. The van der Waals surface area contributed by atoms with Crippen LogP contribution in [0.25, 0.3) is 0 Å². The summed E-state index contributed by atoms with van der Waals surface area (Å²) in [7, 11) is 0. The Balaban J connectivity index is 3.35. The van der Waals surface area contributed by atoms with Gasteiger partial charge in [-0.3, -0.25) is 9.59 Å². The molecule has 0 radical (unpaired) electrons. The van der Waals surface area contributed by atoms with Gasteiger partial charge in [0.25, 0.3) is 0 Å². The number of hydrogen-bond donors (Lipinski definition) is 2. The predicted molar refractivity (Wildman–Crippen MR) is 164 cm³/mol. The van der Waals surface area contributed by atoms with Crippen LogP contribution in [0.5, 0.6) is 0 Å². The fourth-order valence-electron chi connectivity index (χ4n) is 4.36. The highest BCUT2D eigenvalue weighted by molar-refractivity contribution is 5.76. The third-order valence-electron chi connectivity index (χ3n) is 6.86. The Labute approximate surface area is 236 Å². The lowest BCUT2D eigenvalue weighted by atomic mass is 10.1. The van der Waals surface area contributed by atoms with E-state index in [4.69, 9.17) is 0 Å². The van der Waals surface area contributed by atoms with Gasteiger partial charge in [-0.05, 0) is 50.4 Å². The van der Waals surface area contributed by atoms with Gasteiger partial charge in [0.2, 0.25) is 11.8 Å². The van der Waals surface area contributed by atoms with E-state index < -0.39 is 0 Å². The van der Waals surface area contributed by atoms with E-state index in [1.54, 1.807) is 0 Å². The number of unbranched alkanes of at least 4 members (excludes halogenated alkanes) is 18. The van der Waals surface area contributed by atoms with Gasteiger partial charge >= 0.3 is 0 Å². The highest BCUT2D eigenvalue weighted by Crippen LogP contribution is 2.09. The van der Waals surface area contributed by atoms with Crippen LogP contribution in [0, 0.1) is 23.7 Å². The summed E-state index contributed by atoms with van der Waals surface area (Å²) >= 11 is 0. The largest absolute Gasteiger partial charge is 0.356 e. The molecule has 0 aliphatic heterocycles. The molecular weight excluding hydrogens is 468 g/mol. The van der Waals surface area contributed by atoms with E-state index in [0.29, 0.717) is 12.8 Å². The Morgan fingerprint density at radius 1 is 0.447 bits per heavy atom. The SMILES string of the molecule is CCCCCCNC(=O)CCCCCCCCC#CC#CCCCCCCCCC(=O)NCCCCCC. The molecule has 0 aliphatic carbocycles. The molecule has 0 fully saturated rings.